The highest BCUT2D eigenvalue weighted by atomic mass is 35.5. The van der Waals surface area contributed by atoms with Crippen molar-refractivity contribution < 1.29 is 4.39 Å². The molecule has 0 fully saturated rings. The van der Waals surface area contributed by atoms with Crippen LogP contribution in [0.25, 0.3) is 0 Å². The molecule has 0 radical (unpaired) electrons. The van der Waals surface area contributed by atoms with Crippen LogP contribution in [0.3, 0.4) is 0 Å². The molecule has 0 aliphatic heterocycles. The topological polar surface area (TPSA) is 29.9 Å². The van der Waals surface area contributed by atoms with Gasteiger partial charge in [0.05, 0.1) is 16.4 Å². The average molecular weight is 316 g/mol. The first-order valence-electron chi connectivity index (χ1n) is 6.24. The van der Waals surface area contributed by atoms with E-state index in [1.807, 2.05) is 14.0 Å². The summed E-state index contributed by atoms with van der Waals surface area (Å²) in [5.74, 6) is -0.288. The fourth-order valence-corrected chi connectivity index (χ4v) is 2.66. The maximum absolute atomic E-state index is 14.0. The molecule has 20 heavy (non-hydrogen) atoms. The minimum Gasteiger partial charge on any atom is -0.313 e. The van der Waals surface area contributed by atoms with Gasteiger partial charge in [-0.1, -0.05) is 23.2 Å². The van der Waals surface area contributed by atoms with Gasteiger partial charge in [-0.15, -0.1) is 0 Å². The van der Waals surface area contributed by atoms with Gasteiger partial charge in [-0.05, 0) is 32.2 Å². The lowest BCUT2D eigenvalue weighted by Gasteiger charge is -2.18. The van der Waals surface area contributed by atoms with Crippen LogP contribution < -0.4 is 5.32 Å². The van der Waals surface area contributed by atoms with E-state index < -0.39 is 0 Å². The molecule has 1 aromatic carbocycles. The predicted octanol–water partition coefficient (Wildman–Crippen LogP) is 3.68. The molecule has 0 spiro atoms. The van der Waals surface area contributed by atoms with Gasteiger partial charge in [-0.25, -0.2) is 4.39 Å². The molecule has 1 N–H and O–H groups in total. The van der Waals surface area contributed by atoms with Crippen molar-refractivity contribution in [3.8, 4) is 0 Å². The summed E-state index contributed by atoms with van der Waals surface area (Å²) in [5, 5.41) is 8.50. The minimum atomic E-state index is -0.288. The number of aryl methyl sites for hydroxylation is 2. The molecule has 2 rings (SSSR count). The van der Waals surface area contributed by atoms with Crippen LogP contribution in [0.15, 0.2) is 18.2 Å². The molecule has 6 heteroatoms. The molecule has 108 valence electrons. The van der Waals surface area contributed by atoms with Gasteiger partial charge in [0, 0.05) is 30.1 Å². The molecule has 0 aliphatic carbocycles. The zero-order chi connectivity index (χ0) is 14.9. The zero-order valence-corrected chi connectivity index (χ0v) is 13.1. The van der Waals surface area contributed by atoms with Gasteiger partial charge in [0.2, 0.25) is 0 Å². The molecule has 0 saturated heterocycles. The molecule has 0 bridgehead atoms. The van der Waals surface area contributed by atoms with Crippen LogP contribution >= 0.6 is 23.2 Å². The molecule has 0 saturated carbocycles. The molecule has 2 aromatic rings. The first-order chi connectivity index (χ1) is 9.43. The summed E-state index contributed by atoms with van der Waals surface area (Å²) in [6.45, 7) is 1.85. The molecule has 1 unspecified atom stereocenters. The van der Waals surface area contributed by atoms with Crippen LogP contribution in [-0.4, -0.2) is 16.8 Å². The lowest BCUT2D eigenvalue weighted by Crippen LogP contribution is -2.21. The standard InChI is InChI=1S/C14H16Cl2FN3/c1-8-14(16)13(20(3)19-8)7-12(18-2)10-6-9(15)4-5-11(10)17/h4-6,12,18H,7H2,1-3H3. The number of likely N-dealkylation sites (N-methyl/N-ethyl adjacent to an activating group) is 1. The van der Waals surface area contributed by atoms with Crippen LogP contribution in [0.5, 0.6) is 0 Å². The highest BCUT2D eigenvalue weighted by molar-refractivity contribution is 6.32. The Labute approximate surface area is 127 Å². The van der Waals surface area contributed by atoms with Crippen molar-refractivity contribution in [1.29, 1.82) is 0 Å². The highest BCUT2D eigenvalue weighted by Crippen LogP contribution is 2.28. The van der Waals surface area contributed by atoms with Crippen molar-refractivity contribution in [2.75, 3.05) is 7.05 Å². The number of halogens is 3. The Morgan fingerprint density at radius 2 is 2.10 bits per heavy atom. The monoisotopic (exact) mass is 315 g/mol. The van der Waals surface area contributed by atoms with E-state index in [1.54, 1.807) is 17.8 Å². The zero-order valence-electron chi connectivity index (χ0n) is 11.5. The van der Waals surface area contributed by atoms with Gasteiger partial charge < -0.3 is 5.32 Å². The van der Waals surface area contributed by atoms with E-state index in [4.69, 9.17) is 23.2 Å². The number of hydrogen-bond donors (Lipinski definition) is 1. The molecule has 1 atom stereocenters. The second-order valence-electron chi connectivity index (χ2n) is 4.68. The third kappa shape index (κ3) is 2.97. The van der Waals surface area contributed by atoms with Crippen LogP contribution in [0, 0.1) is 12.7 Å². The second-order valence-corrected chi connectivity index (χ2v) is 5.50. The first-order valence-corrected chi connectivity index (χ1v) is 6.99. The number of benzene rings is 1. The van der Waals surface area contributed by atoms with Crippen molar-refractivity contribution in [2.45, 2.75) is 19.4 Å². The van der Waals surface area contributed by atoms with Gasteiger partial charge in [0.1, 0.15) is 5.82 Å². The van der Waals surface area contributed by atoms with Crippen molar-refractivity contribution in [3.05, 3.63) is 51.0 Å². The van der Waals surface area contributed by atoms with Crippen molar-refractivity contribution in [2.24, 2.45) is 7.05 Å². The fourth-order valence-electron chi connectivity index (χ4n) is 2.24. The molecule has 0 aliphatic rings. The van der Waals surface area contributed by atoms with E-state index in [-0.39, 0.29) is 11.9 Å². The third-order valence-electron chi connectivity index (χ3n) is 3.34. The molecule has 1 heterocycles. The Morgan fingerprint density at radius 3 is 2.65 bits per heavy atom. The largest absolute Gasteiger partial charge is 0.313 e. The average Bonchev–Trinajstić information content (AvgIpc) is 2.65. The van der Waals surface area contributed by atoms with E-state index in [2.05, 4.69) is 10.4 Å². The van der Waals surface area contributed by atoms with Crippen LogP contribution in [0.2, 0.25) is 10.0 Å². The SMILES string of the molecule is CNC(Cc1c(Cl)c(C)nn1C)c1cc(Cl)ccc1F. The molecular formula is C14H16Cl2FN3. The number of rotatable bonds is 4. The van der Waals surface area contributed by atoms with Gasteiger partial charge in [-0.2, -0.15) is 5.10 Å². The van der Waals surface area contributed by atoms with E-state index in [0.717, 1.165) is 11.4 Å². The number of hydrogen-bond acceptors (Lipinski definition) is 2. The Kier molecular flexibility index (Phi) is 4.68. The summed E-state index contributed by atoms with van der Waals surface area (Å²) in [6.07, 6.45) is 0.532. The summed E-state index contributed by atoms with van der Waals surface area (Å²) < 4.78 is 15.7. The van der Waals surface area contributed by atoms with Gasteiger partial charge >= 0.3 is 0 Å². The summed E-state index contributed by atoms with van der Waals surface area (Å²) in [4.78, 5) is 0. The van der Waals surface area contributed by atoms with E-state index in [0.29, 0.717) is 22.0 Å². The van der Waals surface area contributed by atoms with E-state index >= 15 is 0 Å². The minimum absolute atomic E-state index is 0.221. The molecule has 0 amide bonds. The van der Waals surface area contributed by atoms with Gasteiger partial charge in [0.15, 0.2) is 0 Å². The van der Waals surface area contributed by atoms with E-state index in [9.17, 15) is 4.39 Å². The molecule has 1 aromatic heterocycles. The summed E-state index contributed by atoms with van der Waals surface area (Å²) >= 11 is 12.2. The normalized spacial score (nSPS) is 12.7. The van der Waals surface area contributed by atoms with Gasteiger partial charge in [-0.3, -0.25) is 4.68 Å². The molecular weight excluding hydrogens is 300 g/mol. The number of aromatic nitrogens is 2. The Morgan fingerprint density at radius 1 is 1.40 bits per heavy atom. The highest BCUT2D eigenvalue weighted by Gasteiger charge is 2.20. The Bertz CT molecular complexity index is 625. The predicted molar refractivity (Wildman–Crippen MR) is 79.9 cm³/mol. The number of nitrogens with one attached hydrogen (secondary N) is 1. The van der Waals surface area contributed by atoms with Gasteiger partial charge in [0.25, 0.3) is 0 Å². The van der Waals surface area contributed by atoms with Crippen LogP contribution in [0.4, 0.5) is 4.39 Å². The summed E-state index contributed by atoms with van der Waals surface area (Å²) in [5.41, 5.74) is 2.16. The number of nitrogens with zero attached hydrogens (tertiary/aromatic N) is 2. The van der Waals surface area contributed by atoms with E-state index in [1.165, 1.54) is 12.1 Å². The lowest BCUT2D eigenvalue weighted by molar-refractivity contribution is 0.519. The Balaban J connectivity index is 2.36. The maximum Gasteiger partial charge on any atom is 0.128 e. The third-order valence-corrected chi connectivity index (χ3v) is 4.07. The summed E-state index contributed by atoms with van der Waals surface area (Å²) in [6, 6.07) is 4.32. The lowest BCUT2D eigenvalue weighted by atomic mass is 10.0. The summed E-state index contributed by atoms with van der Waals surface area (Å²) in [7, 11) is 3.61. The first kappa shape index (κ1) is 15.3. The smallest absolute Gasteiger partial charge is 0.128 e. The maximum atomic E-state index is 14.0. The Hall–Kier alpha value is -1.10. The van der Waals surface area contributed by atoms with Crippen molar-refractivity contribution >= 4 is 23.2 Å². The van der Waals surface area contributed by atoms with Crippen molar-refractivity contribution in [3.63, 3.8) is 0 Å². The van der Waals surface area contributed by atoms with Crippen molar-refractivity contribution in [1.82, 2.24) is 15.1 Å². The quantitative estimate of drug-likeness (QED) is 0.932. The van der Waals surface area contributed by atoms with Crippen LogP contribution in [-0.2, 0) is 13.5 Å². The second kappa shape index (κ2) is 6.12. The fraction of sp³-hybridized carbons (Fsp3) is 0.357. The van der Waals surface area contributed by atoms with Crippen LogP contribution in [0.1, 0.15) is 23.0 Å². The molecule has 3 nitrogen and oxygen atoms in total.